The molecule has 2 fully saturated rings. The molecule has 1 aromatic carbocycles. The number of carbonyl (C=O) groups excluding carboxylic acids is 2. The second-order valence-corrected chi connectivity index (χ2v) is 5.86. The lowest BCUT2D eigenvalue weighted by Crippen LogP contribution is -2.41. The molecule has 118 valence electrons. The summed E-state index contributed by atoms with van der Waals surface area (Å²) in [7, 11) is 0. The van der Waals surface area contributed by atoms with Gasteiger partial charge in [-0.1, -0.05) is 12.1 Å². The van der Waals surface area contributed by atoms with Gasteiger partial charge in [0.2, 0.25) is 0 Å². The minimum atomic E-state index is -0.895. The van der Waals surface area contributed by atoms with Crippen LogP contribution in [0, 0.1) is 6.92 Å². The van der Waals surface area contributed by atoms with Crippen molar-refractivity contribution in [3.05, 3.63) is 29.8 Å². The fraction of sp³-hybridized carbons (Fsp3) is 0.500. The van der Waals surface area contributed by atoms with E-state index in [0.717, 1.165) is 23.3 Å². The van der Waals surface area contributed by atoms with Gasteiger partial charge in [-0.3, -0.25) is 9.69 Å². The van der Waals surface area contributed by atoms with Crippen LogP contribution in [0.2, 0.25) is 0 Å². The van der Waals surface area contributed by atoms with E-state index in [1.165, 1.54) is 0 Å². The van der Waals surface area contributed by atoms with Crippen molar-refractivity contribution in [1.82, 2.24) is 9.80 Å². The zero-order valence-electron chi connectivity index (χ0n) is 12.6. The minimum Gasteiger partial charge on any atom is -0.491 e. The Bertz CT molecular complexity index is 567. The van der Waals surface area contributed by atoms with Crippen molar-refractivity contribution in [2.75, 3.05) is 19.7 Å². The van der Waals surface area contributed by atoms with Gasteiger partial charge in [-0.25, -0.2) is 4.79 Å². The van der Waals surface area contributed by atoms with Crippen molar-refractivity contribution in [2.24, 2.45) is 0 Å². The summed E-state index contributed by atoms with van der Waals surface area (Å²) in [6.07, 6.45) is 0.694. The van der Waals surface area contributed by atoms with Gasteiger partial charge in [0, 0.05) is 6.54 Å². The van der Waals surface area contributed by atoms with Gasteiger partial charge < -0.3 is 14.7 Å². The summed E-state index contributed by atoms with van der Waals surface area (Å²) in [4.78, 5) is 27.0. The Morgan fingerprint density at radius 3 is 2.95 bits per heavy atom. The lowest BCUT2D eigenvalue weighted by molar-refractivity contribution is -0.129. The van der Waals surface area contributed by atoms with Gasteiger partial charge in [0.05, 0.1) is 6.54 Å². The molecule has 1 N–H and O–H groups in total. The quantitative estimate of drug-likeness (QED) is 0.829. The number of nitrogens with zero attached hydrogens (tertiary/aromatic N) is 2. The number of hydrogen-bond acceptors (Lipinski definition) is 4. The van der Waals surface area contributed by atoms with E-state index in [1.807, 2.05) is 31.2 Å². The van der Waals surface area contributed by atoms with E-state index in [9.17, 15) is 14.7 Å². The monoisotopic (exact) mass is 304 g/mol. The first-order chi connectivity index (χ1) is 10.6. The molecule has 0 spiro atoms. The molecular formula is C16H20N2O4. The van der Waals surface area contributed by atoms with Crippen molar-refractivity contribution < 1.29 is 19.4 Å². The number of hydrogen-bond donors (Lipinski definition) is 1. The predicted molar refractivity (Wildman–Crippen MR) is 79.5 cm³/mol. The van der Waals surface area contributed by atoms with E-state index in [2.05, 4.69) is 0 Å². The number of ether oxygens (including phenoxy) is 1. The van der Waals surface area contributed by atoms with E-state index in [4.69, 9.17) is 4.74 Å². The number of imide groups is 1. The Morgan fingerprint density at radius 2 is 2.23 bits per heavy atom. The topological polar surface area (TPSA) is 70.1 Å². The highest BCUT2D eigenvalue weighted by Crippen LogP contribution is 2.27. The van der Waals surface area contributed by atoms with Gasteiger partial charge in [0.25, 0.3) is 5.91 Å². The Labute approximate surface area is 129 Å². The Morgan fingerprint density at radius 1 is 1.41 bits per heavy atom. The van der Waals surface area contributed by atoms with Gasteiger partial charge in [-0.05, 0) is 37.5 Å². The molecule has 1 aromatic rings. The highest BCUT2D eigenvalue weighted by molar-refractivity contribution is 6.04. The molecule has 3 amide bonds. The number of aliphatic hydroxyl groups is 1. The van der Waals surface area contributed by atoms with Crippen LogP contribution >= 0.6 is 0 Å². The molecule has 2 aliphatic heterocycles. The van der Waals surface area contributed by atoms with Crippen LogP contribution in [0.5, 0.6) is 5.75 Å². The second-order valence-electron chi connectivity index (χ2n) is 5.86. The molecule has 6 heteroatoms. The van der Waals surface area contributed by atoms with Crippen LogP contribution in [-0.2, 0) is 4.79 Å². The van der Waals surface area contributed by atoms with Crippen molar-refractivity contribution in [3.8, 4) is 5.75 Å². The predicted octanol–water partition coefficient (Wildman–Crippen LogP) is 1.16. The summed E-state index contributed by atoms with van der Waals surface area (Å²) >= 11 is 0. The molecule has 0 radical (unpaired) electrons. The van der Waals surface area contributed by atoms with Crippen LogP contribution in [0.4, 0.5) is 4.79 Å². The van der Waals surface area contributed by atoms with Crippen LogP contribution in [0.15, 0.2) is 24.3 Å². The average Bonchev–Trinajstić information content (AvgIpc) is 3.05. The molecule has 2 aliphatic rings. The molecule has 2 heterocycles. The van der Waals surface area contributed by atoms with Gasteiger partial charge in [0.1, 0.15) is 24.5 Å². The Hall–Kier alpha value is -2.08. The van der Waals surface area contributed by atoms with Crippen LogP contribution in [0.1, 0.15) is 18.4 Å². The third kappa shape index (κ3) is 2.78. The van der Waals surface area contributed by atoms with Crippen molar-refractivity contribution in [1.29, 1.82) is 0 Å². The summed E-state index contributed by atoms with van der Waals surface area (Å²) in [5.41, 5.74) is 1.07. The normalized spacial score (nSPS) is 22.2. The third-order valence-electron chi connectivity index (χ3n) is 4.11. The molecule has 0 saturated carbocycles. The number of carbonyl (C=O) groups is 2. The fourth-order valence-electron chi connectivity index (χ4n) is 3.01. The van der Waals surface area contributed by atoms with Gasteiger partial charge >= 0.3 is 6.03 Å². The average molecular weight is 304 g/mol. The van der Waals surface area contributed by atoms with Crippen LogP contribution < -0.4 is 4.74 Å². The minimum absolute atomic E-state index is 0.0174. The van der Waals surface area contributed by atoms with Gasteiger partial charge in [-0.15, -0.1) is 0 Å². The molecule has 0 bridgehead atoms. The lowest BCUT2D eigenvalue weighted by atomic mass is 10.2. The first kappa shape index (κ1) is 14.8. The summed E-state index contributed by atoms with van der Waals surface area (Å²) in [5.74, 6) is 0.468. The second kappa shape index (κ2) is 5.96. The van der Waals surface area contributed by atoms with Crippen molar-refractivity contribution in [2.45, 2.75) is 31.9 Å². The molecule has 22 heavy (non-hydrogen) atoms. The van der Waals surface area contributed by atoms with E-state index < -0.39 is 6.10 Å². The maximum atomic E-state index is 12.2. The summed E-state index contributed by atoms with van der Waals surface area (Å²) < 4.78 is 5.51. The largest absolute Gasteiger partial charge is 0.491 e. The van der Waals surface area contributed by atoms with E-state index in [0.29, 0.717) is 12.3 Å². The number of fused-ring (bicyclic) bond motifs is 1. The molecule has 6 nitrogen and oxygen atoms in total. The van der Waals surface area contributed by atoms with Crippen LogP contribution in [-0.4, -0.2) is 58.7 Å². The fourth-order valence-corrected chi connectivity index (χ4v) is 3.01. The summed E-state index contributed by atoms with van der Waals surface area (Å²) in [5, 5.41) is 10.0. The first-order valence-electron chi connectivity index (χ1n) is 7.56. The third-order valence-corrected chi connectivity index (χ3v) is 4.11. The SMILES string of the molecule is Cc1cccc(OC[C@H](O)CN2C(=O)[C@@H]3CCCN3C2=O)c1. The van der Waals surface area contributed by atoms with Gasteiger partial charge in [-0.2, -0.15) is 0 Å². The molecular weight excluding hydrogens is 284 g/mol. The molecule has 0 unspecified atom stereocenters. The Balaban J connectivity index is 1.55. The molecule has 2 atom stereocenters. The maximum Gasteiger partial charge on any atom is 0.327 e. The first-order valence-corrected chi connectivity index (χ1v) is 7.56. The number of urea groups is 1. The lowest BCUT2D eigenvalue weighted by Gasteiger charge is -2.19. The zero-order valence-corrected chi connectivity index (χ0v) is 12.6. The number of β-amino-alcohol motifs (C(OH)–C–C–N with tert-alkyl or cyclic N) is 1. The van der Waals surface area contributed by atoms with Crippen LogP contribution in [0.3, 0.4) is 0 Å². The number of aryl methyl sites for hydroxylation is 1. The summed E-state index contributed by atoms with van der Waals surface area (Å²) in [6, 6.07) is 6.90. The van der Waals surface area contributed by atoms with E-state index in [-0.39, 0.29) is 31.1 Å². The zero-order chi connectivity index (χ0) is 15.7. The molecule has 3 rings (SSSR count). The van der Waals surface area contributed by atoms with E-state index in [1.54, 1.807) is 4.90 Å². The molecule has 0 aromatic heterocycles. The van der Waals surface area contributed by atoms with Crippen molar-refractivity contribution in [3.63, 3.8) is 0 Å². The van der Waals surface area contributed by atoms with Crippen LogP contribution in [0.25, 0.3) is 0 Å². The smallest absolute Gasteiger partial charge is 0.327 e. The molecule has 2 saturated heterocycles. The van der Waals surface area contributed by atoms with E-state index >= 15 is 0 Å². The number of aliphatic hydroxyl groups excluding tert-OH is 1. The Kier molecular flexibility index (Phi) is 4.02. The standard InChI is InChI=1S/C16H20N2O4/c1-11-4-2-5-13(8-11)22-10-12(19)9-18-15(20)14-6-3-7-17(14)16(18)21/h2,4-5,8,12,14,19H,3,6-7,9-10H2,1H3/t12-,14+/m1/s1. The highest BCUT2D eigenvalue weighted by atomic mass is 16.5. The number of amides is 3. The summed E-state index contributed by atoms with van der Waals surface area (Å²) in [6.45, 7) is 2.61. The number of rotatable bonds is 5. The number of benzene rings is 1. The van der Waals surface area contributed by atoms with Crippen molar-refractivity contribution >= 4 is 11.9 Å². The maximum absolute atomic E-state index is 12.2. The highest BCUT2D eigenvalue weighted by Gasteiger charge is 2.47. The van der Waals surface area contributed by atoms with Gasteiger partial charge in [0.15, 0.2) is 0 Å². The molecule has 0 aliphatic carbocycles.